The Balaban J connectivity index is 1.37. The number of hydrogen-bond donors (Lipinski definition) is 2. The molecular weight excluding hydrogens is 342 g/mol. The fourth-order valence-electron chi connectivity index (χ4n) is 3.93. The van der Waals surface area contributed by atoms with Crippen molar-refractivity contribution in [2.45, 2.75) is 57.9 Å². The summed E-state index contributed by atoms with van der Waals surface area (Å²) in [5, 5.41) is 5.87. The maximum absolute atomic E-state index is 12.6. The van der Waals surface area contributed by atoms with Gasteiger partial charge in [0.05, 0.1) is 5.92 Å². The maximum Gasteiger partial charge on any atom is 0.324 e. The molecule has 1 aliphatic carbocycles. The molecule has 3 rings (SSSR count). The van der Waals surface area contributed by atoms with Crippen LogP contribution in [0.15, 0.2) is 24.3 Å². The first kappa shape index (κ1) is 19.4. The number of urea groups is 1. The molecular formula is C21H29N3O3. The van der Waals surface area contributed by atoms with Gasteiger partial charge in [-0.05, 0) is 38.2 Å². The van der Waals surface area contributed by atoms with Crippen LogP contribution in [0, 0.1) is 12.8 Å². The molecule has 2 atom stereocenters. The van der Waals surface area contributed by atoms with E-state index in [9.17, 15) is 14.4 Å². The van der Waals surface area contributed by atoms with Crippen LogP contribution in [0.3, 0.4) is 0 Å². The Morgan fingerprint density at radius 3 is 2.70 bits per heavy atom. The molecule has 1 aromatic rings. The van der Waals surface area contributed by atoms with Crippen molar-refractivity contribution in [3.05, 3.63) is 35.4 Å². The highest BCUT2D eigenvalue weighted by molar-refractivity contribution is 5.98. The zero-order chi connectivity index (χ0) is 19.2. The monoisotopic (exact) mass is 371 g/mol. The van der Waals surface area contributed by atoms with E-state index in [1.165, 1.54) is 16.0 Å². The van der Waals surface area contributed by atoms with Crippen LogP contribution in [0.4, 0.5) is 4.79 Å². The van der Waals surface area contributed by atoms with E-state index >= 15 is 0 Å². The van der Waals surface area contributed by atoms with Crippen LogP contribution in [0.2, 0.25) is 0 Å². The fraction of sp³-hybridized carbons (Fsp3) is 0.571. The lowest BCUT2D eigenvalue weighted by Crippen LogP contribution is -2.60. The highest BCUT2D eigenvalue weighted by Crippen LogP contribution is 2.29. The standard InChI is InChI=1S/C21H29N3O3/c1-15-8-10-16(11-9-15)12-13-22-19(25)7-4-14-24-20(26)17-5-2-3-6-18(17)23-21(24)27/h8-11,17-18H,2-7,12-14H2,1H3,(H,22,25)(H,23,27). The largest absolute Gasteiger partial charge is 0.356 e. The maximum atomic E-state index is 12.6. The Morgan fingerprint density at radius 2 is 1.93 bits per heavy atom. The number of hydrogen-bond acceptors (Lipinski definition) is 3. The van der Waals surface area contributed by atoms with Crippen molar-refractivity contribution in [3.8, 4) is 0 Å². The summed E-state index contributed by atoms with van der Waals surface area (Å²) in [6, 6.07) is 7.97. The lowest BCUT2D eigenvalue weighted by Gasteiger charge is -2.39. The van der Waals surface area contributed by atoms with Crippen molar-refractivity contribution in [1.82, 2.24) is 15.5 Å². The van der Waals surface area contributed by atoms with Gasteiger partial charge >= 0.3 is 6.03 Å². The number of benzene rings is 1. The number of carbonyl (C=O) groups excluding carboxylic acids is 3. The summed E-state index contributed by atoms with van der Waals surface area (Å²) < 4.78 is 0. The lowest BCUT2D eigenvalue weighted by atomic mass is 9.82. The predicted molar refractivity (Wildman–Crippen MR) is 103 cm³/mol. The van der Waals surface area contributed by atoms with Crippen LogP contribution in [-0.2, 0) is 16.0 Å². The number of carbonyl (C=O) groups is 3. The molecule has 0 spiro atoms. The van der Waals surface area contributed by atoms with Crippen molar-refractivity contribution in [2.75, 3.05) is 13.1 Å². The Kier molecular flexibility index (Phi) is 6.48. The summed E-state index contributed by atoms with van der Waals surface area (Å²) in [4.78, 5) is 38.0. The molecule has 1 saturated carbocycles. The zero-order valence-electron chi connectivity index (χ0n) is 16.0. The van der Waals surface area contributed by atoms with E-state index in [0.717, 1.165) is 32.1 Å². The van der Waals surface area contributed by atoms with Gasteiger partial charge in [-0.3, -0.25) is 14.5 Å². The number of nitrogens with one attached hydrogen (secondary N) is 2. The number of amides is 4. The Labute approximate surface area is 160 Å². The molecule has 0 bridgehead atoms. The van der Waals surface area contributed by atoms with Gasteiger partial charge in [0.1, 0.15) is 0 Å². The first-order chi connectivity index (χ1) is 13.0. The van der Waals surface area contributed by atoms with Crippen LogP contribution < -0.4 is 10.6 Å². The molecule has 6 nitrogen and oxygen atoms in total. The summed E-state index contributed by atoms with van der Waals surface area (Å²) in [7, 11) is 0. The molecule has 6 heteroatoms. The minimum absolute atomic E-state index is 0.0000673. The lowest BCUT2D eigenvalue weighted by molar-refractivity contribution is -0.136. The van der Waals surface area contributed by atoms with Crippen LogP contribution in [-0.4, -0.2) is 41.9 Å². The molecule has 2 unspecified atom stereocenters. The minimum atomic E-state index is -0.303. The molecule has 0 radical (unpaired) electrons. The number of imide groups is 1. The molecule has 2 N–H and O–H groups in total. The third-order valence-corrected chi connectivity index (χ3v) is 5.55. The van der Waals surface area contributed by atoms with Gasteiger partial charge in [-0.1, -0.05) is 42.7 Å². The molecule has 1 aromatic carbocycles. The topological polar surface area (TPSA) is 78.5 Å². The third kappa shape index (κ3) is 5.08. The van der Waals surface area contributed by atoms with Gasteiger partial charge < -0.3 is 10.6 Å². The number of aryl methyl sites for hydroxylation is 1. The van der Waals surface area contributed by atoms with Crippen LogP contribution >= 0.6 is 0 Å². The van der Waals surface area contributed by atoms with Gasteiger partial charge in [-0.25, -0.2) is 4.79 Å². The van der Waals surface area contributed by atoms with Gasteiger partial charge in [-0.2, -0.15) is 0 Å². The molecule has 1 heterocycles. The quantitative estimate of drug-likeness (QED) is 0.773. The average Bonchev–Trinajstić information content (AvgIpc) is 2.66. The highest BCUT2D eigenvalue weighted by Gasteiger charge is 2.41. The normalized spacial score (nSPS) is 22.2. The van der Waals surface area contributed by atoms with E-state index in [4.69, 9.17) is 0 Å². The Hall–Kier alpha value is -2.37. The predicted octanol–water partition coefficient (Wildman–Crippen LogP) is 2.54. The first-order valence-electron chi connectivity index (χ1n) is 9.99. The van der Waals surface area contributed by atoms with E-state index in [2.05, 4.69) is 34.9 Å². The van der Waals surface area contributed by atoms with Crippen LogP contribution in [0.5, 0.6) is 0 Å². The third-order valence-electron chi connectivity index (χ3n) is 5.55. The van der Waals surface area contributed by atoms with E-state index in [0.29, 0.717) is 25.9 Å². The second kappa shape index (κ2) is 9.02. The molecule has 2 aliphatic rings. The van der Waals surface area contributed by atoms with E-state index in [-0.39, 0.29) is 29.8 Å². The van der Waals surface area contributed by atoms with Gasteiger partial charge in [0.2, 0.25) is 11.8 Å². The molecule has 0 aromatic heterocycles. The molecule has 2 fully saturated rings. The van der Waals surface area contributed by atoms with Gasteiger partial charge in [0.25, 0.3) is 0 Å². The van der Waals surface area contributed by atoms with E-state index in [1.807, 2.05) is 6.92 Å². The second-order valence-electron chi connectivity index (χ2n) is 7.63. The van der Waals surface area contributed by atoms with Gasteiger partial charge in [0.15, 0.2) is 0 Å². The Bertz CT molecular complexity index is 686. The summed E-state index contributed by atoms with van der Waals surface area (Å²) in [6.07, 6.45) is 5.45. The minimum Gasteiger partial charge on any atom is -0.356 e. The number of rotatable bonds is 7. The van der Waals surface area contributed by atoms with E-state index < -0.39 is 0 Å². The summed E-state index contributed by atoms with van der Waals surface area (Å²) in [5.41, 5.74) is 2.41. The number of fused-ring (bicyclic) bond motifs is 1. The van der Waals surface area contributed by atoms with Crippen molar-refractivity contribution in [2.24, 2.45) is 5.92 Å². The van der Waals surface area contributed by atoms with Crippen molar-refractivity contribution in [3.63, 3.8) is 0 Å². The fourth-order valence-corrected chi connectivity index (χ4v) is 3.93. The zero-order valence-corrected chi connectivity index (χ0v) is 16.0. The SMILES string of the molecule is Cc1ccc(CCNC(=O)CCCN2C(=O)NC3CCCCC3C2=O)cc1. The molecule has 1 saturated heterocycles. The summed E-state index contributed by atoms with van der Waals surface area (Å²) in [6.45, 7) is 2.95. The first-order valence-corrected chi connectivity index (χ1v) is 9.99. The van der Waals surface area contributed by atoms with Crippen molar-refractivity contribution in [1.29, 1.82) is 0 Å². The van der Waals surface area contributed by atoms with Crippen LogP contribution in [0.1, 0.15) is 49.7 Å². The summed E-state index contributed by atoms with van der Waals surface area (Å²) in [5.74, 6) is -0.189. The van der Waals surface area contributed by atoms with Crippen LogP contribution in [0.25, 0.3) is 0 Å². The van der Waals surface area contributed by atoms with Gasteiger partial charge in [-0.15, -0.1) is 0 Å². The number of nitrogens with zero attached hydrogens (tertiary/aromatic N) is 1. The Morgan fingerprint density at radius 1 is 1.19 bits per heavy atom. The summed E-state index contributed by atoms with van der Waals surface area (Å²) >= 11 is 0. The molecule has 4 amide bonds. The highest BCUT2D eigenvalue weighted by atomic mass is 16.2. The second-order valence-corrected chi connectivity index (χ2v) is 7.63. The average molecular weight is 371 g/mol. The van der Waals surface area contributed by atoms with E-state index in [1.54, 1.807) is 0 Å². The van der Waals surface area contributed by atoms with Crippen molar-refractivity contribution >= 4 is 17.8 Å². The smallest absolute Gasteiger partial charge is 0.324 e. The molecule has 27 heavy (non-hydrogen) atoms. The van der Waals surface area contributed by atoms with Gasteiger partial charge in [0, 0.05) is 25.6 Å². The molecule has 1 aliphatic heterocycles. The van der Waals surface area contributed by atoms with Crippen molar-refractivity contribution < 1.29 is 14.4 Å². The molecule has 146 valence electrons.